The fourth-order valence-corrected chi connectivity index (χ4v) is 3.75. The topological polar surface area (TPSA) is 103 Å². The second-order valence-electron chi connectivity index (χ2n) is 7.24. The van der Waals surface area contributed by atoms with Crippen molar-refractivity contribution in [2.75, 3.05) is 37.6 Å². The molecular formula is C21H22N6O3. The minimum absolute atomic E-state index is 0.0451. The largest absolute Gasteiger partial charge is 0.470 e. The van der Waals surface area contributed by atoms with Crippen molar-refractivity contribution in [1.82, 2.24) is 19.8 Å². The van der Waals surface area contributed by atoms with Gasteiger partial charge in [-0.3, -0.25) is 9.69 Å². The molecule has 1 unspecified atom stereocenters. The van der Waals surface area contributed by atoms with Gasteiger partial charge in [0, 0.05) is 37.7 Å². The molecule has 3 heterocycles. The van der Waals surface area contributed by atoms with Gasteiger partial charge in [-0.2, -0.15) is 5.26 Å². The second-order valence-corrected chi connectivity index (χ2v) is 7.24. The molecule has 9 heteroatoms. The van der Waals surface area contributed by atoms with Gasteiger partial charge in [-0.25, -0.2) is 14.8 Å². The third kappa shape index (κ3) is 4.17. The maximum Gasteiger partial charge on any atom is 0.325 e. The van der Waals surface area contributed by atoms with Crippen molar-refractivity contribution in [3.63, 3.8) is 0 Å². The first-order chi connectivity index (χ1) is 14.7. The molecule has 0 radical (unpaired) electrons. The summed E-state index contributed by atoms with van der Waals surface area (Å²) < 4.78 is 5.84. The third-order valence-corrected chi connectivity index (χ3v) is 5.27. The number of likely N-dealkylation sites (tertiary alicyclic amines) is 1. The first kappa shape index (κ1) is 19.6. The van der Waals surface area contributed by atoms with Crippen LogP contribution in [0, 0.1) is 11.3 Å². The van der Waals surface area contributed by atoms with Gasteiger partial charge in [0.1, 0.15) is 18.7 Å². The third-order valence-electron chi connectivity index (χ3n) is 5.27. The second kappa shape index (κ2) is 8.78. The SMILES string of the molecule is N#Cc1nccnc1OC1CCCN(C(=O)CN2CCN(c3ccccc3)C2=O)C1. The molecule has 1 aromatic carbocycles. The smallest absolute Gasteiger partial charge is 0.325 e. The lowest BCUT2D eigenvalue weighted by Crippen LogP contribution is -2.48. The molecule has 3 amide bonds. The number of para-hydroxylation sites is 1. The fourth-order valence-electron chi connectivity index (χ4n) is 3.75. The maximum atomic E-state index is 12.8. The van der Waals surface area contributed by atoms with E-state index in [1.165, 1.54) is 12.4 Å². The molecule has 4 rings (SSSR count). The normalized spacial score (nSPS) is 19.0. The maximum absolute atomic E-state index is 12.8. The van der Waals surface area contributed by atoms with Crippen LogP contribution in [0.15, 0.2) is 42.7 Å². The lowest BCUT2D eigenvalue weighted by atomic mass is 10.1. The van der Waals surface area contributed by atoms with Crippen LogP contribution in [0.25, 0.3) is 0 Å². The number of piperidine rings is 1. The highest BCUT2D eigenvalue weighted by Crippen LogP contribution is 2.21. The Balaban J connectivity index is 1.35. The molecule has 9 nitrogen and oxygen atoms in total. The molecule has 2 aliphatic rings. The highest BCUT2D eigenvalue weighted by Gasteiger charge is 2.33. The number of rotatable bonds is 5. The van der Waals surface area contributed by atoms with Crippen LogP contribution in [0.5, 0.6) is 5.88 Å². The summed E-state index contributed by atoms with van der Waals surface area (Å²) in [6.07, 6.45) is 4.19. The summed E-state index contributed by atoms with van der Waals surface area (Å²) in [6, 6.07) is 11.3. The number of nitriles is 1. The zero-order valence-corrected chi connectivity index (χ0v) is 16.5. The fraction of sp³-hybridized carbons (Fsp3) is 0.381. The Hall–Kier alpha value is -3.67. The van der Waals surface area contributed by atoms with E-state index in [-0.39, 0.29) is 36.2 Å². The molecule has 2 aromatic rings. The zero-order chi connectivity index (χ0) is 20.9. The van der Waals surface area contributed by atoms with Gasteiger partial charge in [-0.1, -0.05) is 18.2 Å². The van der Waals surface area contributed by atoms with E-state index >= 15 is 0 Å². The average molecular weight is 406 g/mol. The molecule has 1 aromatic heterocycles. The number of hydrogen-bond donors (Lipinski definition) is 0. The molecular weight excluding hydrogens is 384 g/mol. The Morgan fingerprint density at radius 1 is 1.17 bits per heavy atom. The van der Waals surface area contributed by atoms with E-state index in [1.54, 1.807) is 14.7 Å². The van der Waals surface area contributed by atoms with Crippen LogP contribution in [-0.2, 0) is 4.79 Å². The Morgan fingerprint density at radius 2 is 1.97 bits per heavy atom. The Morgan fingerprint density at radius 3 is 2.77 bits per heavy atom. The Labute approximate surface area is 174 Å². The minimum atomic E-state index is -0.262. The average Bonchev–Trinajstić information content (AvgIpc) is 3.15. The van der Waals surface area contributed by atoms with Crippen LogP contribution < -0.4 is 9.64 Å². The van der Waals surface area contributed by atoms with Crippen molar-refractivity contribution >= 4 is 17.6 Å². The molecule has 2 fully saturated rings. The van der Waals surface area contributed by atoms with E-state index in [2.05, 4.69) is 9.97 Å². The summed E-state index contributed by atoms with van der Waals surface area (Å²) in [5.41, 5.74) is 0.964. The number of amides is 3. The van der Waals surface area contributed by atoms with E-state index in [4.69, 9.17) is 10.00 Å². The molecule has 0 N–H and O–H groups in total. The predicted octanol–water partition coefficient (Wildman–Crippen LogP) is 1.66. The van der Waals surface area contributed by atoms with E-state index in [9.17, 15) is 9.59 Å². The van der Waals surface area contributed by atoms with Gasteiger partial charge in [0.15, 0.2) is 0 Å². The van der Waals surface area contributed by atoms with Gasteiger partial charge in [-0.15, -0.1) is 0 Å². The van der Waals surface area contributed by atoms with Crippen molar-refractivity contribution < 1.29 is 14.3 Å². The van der Waals surface area contributed by atoms with E-state index in [1.807, 2.05) is 36.4 Å². The standard InChI is InChI=1S/C21H22N6O3/c22-13-18-20(24-9-8-23-18)30-17-7-4-10-25(14-17)19(28)15-26-11-12-27(21(26)29)16-5-2-1-3-6-16/h1-3,5-6,8-9,17H,4,7,10-12,14-15H2. The monoisotopic (exact) mass is 406 g/mol. The van der Waals surface area contributed by atoms with Crippen molar-refractivity contribution in [3.8, 4) is 11.9 Å². The number of anilines is 1. The number of carbonyl (C=O) groups excluding carboxylic acids is 2. The number of benzene rings is 1. The Bertz CT molecular complexity index is 961. The van der Waals surface area contributed by atoms with Crippen LogP contribution >= 0.6 is 0 Å². The summed E-state index contributed by atoms with van der Waals surface area (Å²) in [4.78, 5) is 38.6. The summed E-state index contributed by atoms with van der Waals surface area (Å²) in [5, 5.41) is 9.14. The van der Waals surface area contributed by atoms with Crippen molar-refractivity contribution in [3.05, 3.63) is 48.4 Å². The number of nitrogens with zero attached hydrogens (tertiary/aromatic N) is 6. The van der Waals surface area contributed by atoms with Gasteiger partial charge < -0.3 is 14.5 Å². The van der Waals surface area contributed by atoms with Crippen LogP contribution in [-0.4, -0.2) is 70.5 Å². The predicted molar refractivity (Wildman–Crippen MR) is 108 cm³/mol. The Kier molecular flexibility index (Phi) is 5.75. The summed E-state index contributed by atoms with van der Waals surface area (Å²) in [5.74, 6) is 0.0822. The van der Waals surface area contributed by atoms with E-state index < -0.39 is 0 Å². The quantitative estimate of drug-likeness (QED) is 0.748. The highest BCUT2D eigenvalue weighted by atomic mass is 16.5. The molecule has 154 valence electrons. The van der Waals surface area contributed by atoms with Gasteiger partial charge in [0.05, 0.1) is 6.54 Å². The molecule has 30 heavy (non-hydrogen) atoms. The van der Waals surface area contributed by atoms with Crippen molar-refractivity contribution in [2.24, 2.45) is 0 Å². The zero-order valence-electron chi connectivity index (χ0n) is 16.5. The van der Waals surface area contributed by atoms with Gasteiger partial charge in [0.25, 0.3) is 5.88 Å². The van der Waals surface area contributed by atoms with E-state index in [0.29, 0.717) is 26.2 Å². The molecule has 2 saturated heterocycles. The van der Waals surface area contributed by atoms with Crippen molar-refractivity contribution in [1.29, 1.82) is 5.26 Å². The van der Waals surface area contributed by atoms with Crippen LogP contribution in [0.2, 0.25) is 0 Å². The van der Waals surface area contributed by atoms with E-state index in [0.717, 1.165) is 18.5 Å². The van der Waals surface area contributed by atoms with Crippen LogP contribution in [0.3, 0.4) is 0 Å². The number of ether oxygens (including phenoxy) is 1. The molecule has 0 aliphatic carbocycles. The van der Waals surface area contributed by atoms with Gasteiger partial charge in [-0.05, 0) is 25.0 Å². The summed E-state index contributed by atoms with van der Waals surface area (Å²) in [6.45, 7) is 2.13. The summed E-state index contributed by atoms with van der Waals surface area (Å²) in [7, 11) is 0. The molecule has 0 bridgehead atoms. The lowest BCUT2D eigenvalue weighted by Gasteiger charge is -2.33. The van der Waals surface area contributed by atoms with Gasteiger partial charge in [0.2, 0.25) is 11.6 Å². The molecule has 0 saturated carbocycles. The molecule has 0 spiro atoms. The number of carbonyl (C=O) groups is 2. The minimum Gasteiger partial charge on any atom is -0.470 e. The number of hydrogen-bond acceptors (Lipinski definition) is 6. The first-order valence-electron chi connectivity index (χ1n) is 9.92. The van der Waals surface area contributed by atoms with Gasteiger partial charge >= 0.3 is 6.03 Å². The molecule has 2 aliphatic heterocycles. The number of urea groups is 1. The first-order valence-corrected chi connectivity index (χ1v) is 9.92. The van der Waals surface area contributed by atoms with Crippen LogP contribution in [0.4, 0.5) is 10.5 Å². The van der Waals surface area contributed by atoms with Crippen LogP contribution in [0.1, 0.15) is 18.5 Å². The highest BCUT2D eigenvalue weighted by molar-refractivity contribution is 5.96. The molecule has 1 atom stereocenters. The lowest BCUT2D eigenvalue weighted by molar-refractivity contribution is -0.134. The summed E-state index contributed by atoms with van der Waals surface area (Å²) >= 11 is 0. The number of aromatic nitrogens is 2. The van der Waals surface area contributed by atoms with Crippen molar-refractivity contribution in [2.45, 2.75) is 18.9 Å².